The number of carbonyl (C=O) groups excluding carboxylic acids is 3. The Bertz CT molecular complexity index is 1320. The predicted molar refractivity (Wildman–Crippen MR) is 136 cm³/mol. The van der Waals surface area contributed by atoms with Gasteiger partial charge >= 0.3 is 6.03 Å². The number of barbiturate groups is 1. The average molecular weight is 467 g/mol. The first-order chi connectivity index (χ1) is 16.9. The molecule has 1 aliphatic rings. The summed E-state index contributed by atoms with van der Waals surface area (Å²) < 4.78 is 6.01. The lowest BCUT2D eigenvalue weighted by molar-refractivity contribution is -0.122. The standard InChI is InChI=1S/C29H26N2O4/c1-4-8-23-16-22(11-12-26(23)35-18-21-9-6-5-7-10-21)17-25-27(32)30-29(34)31(28(25)33)24-14-19(2)13-20(3)15-24/h4-7,9-17H,1,8,18H2,2-3H3,(H,30,32,34)/b25-17+. The van der Waals surface area contributed by atoms with Gasteiger partial charge in [-0.25, -0.2) is 9.69 Å². The predicted octanol–water partition coefficient (Wildman–Crippen LogP) is 5.28. The molecule has 0 atom stereocenters. The summed E-state index contributed by atoms with van der Waals surface area (Å²) in [6, 6.07) is 19.9. The SMILES string of the molecule is C=CCc1cc(/C=C2\C(=O)NC(=O)N(c3cc(C)cc(C)c3)C2=O)ccc1OCc1ccccc1. The van der Waals surface area contributed by atoms with Crippen LogP contribution in [0.25, 0.3) is 6.08 Å². The van der Waals surface area contributed by atoms with Crippen LogP contribution in [0.2, 0.25) is 0 Å². The van der Waals surface area contributed by atoms with Crippen LogP contribution in [0.1, 0.15) is 27.8 Å². The Balaban J connectivity index is 1.64. The summed E-state index contributed by atoms with van der Waals surface area (Å²) >= 11 is 0. The fourth-order valence-electron chi connectivity index (χ4n) is 4.02. The van der Waals surface area contributed by atoms with Gasteiger partial charge in [-0.15, -0.1) is 6.58 Å². The summed E-state index contributed by atoms with van der Waals surface area (Å²) in [7, 11) is 0. The maximum atomic E-state index is 13.2. The first kappa shape index (κ1) is 23.7. The average Bonchev–Trinajstić information content (AvgIpc) is 2.81. The molecule has 1 fully saturated rings. The van der Waals surface area contributed by atoms with E-state index in [1.54, 1.807) is 24.3 Å². The molecular weight excluding hydrogens is 440 g/mol. The van der Waals surface area contributed by atoms with Gasteiger partial charge in [0.2, 0.25) is 0 Å². The van der Waals surface area contributed by atoms with Crippen LogP contribution >= 0.6 is 0 Å². The summed E-state index contributed by atoms with van der Waals surface area (Å²) in [5.74, 6) is -0.698. The second-order valence-electron chi connectivity index (χ2n) is 8.44. The number of anilines is 1. The zero-order valence-electron chi connectivity index (χ0n) is 19.7. The quantitative estimate of drug-likeness (QED) is 0.292. The van der Waals surface area contributed by atoms with E-state index in [4.69, 9.17) is 4.74 Å². The molecule has 0 saturated carbocycles. The minimum atomic E-state index is -0.765. The fraction of sp³-hybridized carbons (Fsp3) is 0.138. The molecule has 4 rings (SSSR count). The molecule has 0 radical (unpaired) electrons. The summed E-state index contributed by atoms with van der Waals surface area (Å²) in [6.45, 7) is 8.00. The monoisotopic (exact) mass is 466 g/mol. The van der Waals surface area contributed by atoms with Crippen molar-refractivity contribution in [2.24, 2.45) is 0 Å². The number of hydrogen-bond donors (Lipinski definition) is 1. The number of imide groups is 2. The van der Waals surface area contributed by atoms with Crippen molar-refractivity contribution in [2.75, 3.05) is 4.90 Å². The summed E-state index contributed by atoms with van der Waals surface area (Å²) in [5, 5.41) is 2.28. The summed E-state index contributed by atoms with van der Waals surface area (Å²) in [6.07, 6.45) is 3.81. The maximum Gasteiger partial charge on any atom is 0.335 e. The van der Waals surface area contributed by atoms with Gasteiger partial charge < -0.3 is 4.74 Å². The molecule has 3 aromatic carbocycles. The van der Waals surface area contributed by atoms with Gasteiger partial charge in [0.25, 0.3) is 11.8 Å². The molecule has 1 saturated heterocycles. The van der Waals surface area contributed by atoms with Crippen LogP contribution in [0.15, 0.2) is 85.0 Å². The smallest absolute Gasteiger partial charge is 0.335 e. The van der Waals surface area contributed by atoms with E-state index in [0.717, 1.165) is 27.2 Å². The Morgan fingerprint density at radius 1 is 0.943 bits per heavy atom. The molecule has 6 heteroatoms. The van der Waals surface area contributed by atoms with Gasteiger partial charge in [0, 0.05) is 0 Å². The number of benzene rings is 3. The minimum absolute atomic E-state index is 0.119. The zero-order valence-corrected chi connectivity index (χ0v) is 19.7. The number of hydrogen-bond acceptors (Lipinski definition) is 4. The van der Waals surface area contributed by atoms with Gasteiger partial charge in [0.1, 0.15) is 17.9 Å². The second-order valence-corrected chi connectivity index (χ2v) is 8.44. The van der Waals surface area contributed by atoms with E-state index in [1.807, 2.05) is 62.4 Å². The van der Waals surface area contributed by atoms with Crippen molar-refractivity contribution >= 4 is 29.6 Å². The first-order valence-corrected chi connectivity index (χ1v) is 11.3. The van der Waals surface area contributed by atoms with Gasteiger partial charge in [-0.3, -0.25) is 14.9 Å². The number of aryl methyl sites for hydroxylation is 2. The zero-order chi connectivity index (χ0) is 24.9. The third-order valence-electron chi connectivity index (χ3n) is 5.56. The number of carbonyl (C=O) groups is 3. The lowest BCUT2D eigenvalue weighted by Gasteiger charge is -2.27. The van der Waals surface area contributed by atoms with E-state index < -0.39 is 17.8 Å². The molecule has 1 N–H and O–H groups in total. The maximum absolute atomic E-state index is 13.2. The van der Waals surface area contributed by atoms with Crippen molar-refractivity contribution < 1.29 is 19.1 Å². The van der Waals surface area contributed by atoms with Gasteiger partial charge in [0.05, 0.1) is 5.69 Å². The fourth-order valence-corrected chi connectivity index (χ4v) is 4.02. The van der Waals surface area contributed by atoms with Gasteiger partial charge in [-0.05, 0) is 78.4 Å². The first-order valence-electron chi connectivity index (χ1n) is 11.3. The highest BCUT2D eigenvalue weighted by molar-refractivity contribution is 6.39. The second kappa shape index (κ2) is 10.2. The topological polar surface area (TPSA) is 75.7 Å². The molecule has 0 spiro atoms. The Morgan fingerprint density at radius 3 is 2.34 bits per heavy atom. The van der Waals surface area contributed by atoms with Crippen LogP contribution in [0.3, 0.4) is 0 Å². The third kappa shape index (κ3) is 5.38. The lowest BCUT2D eigenvalue weighted by atomic mass is 10.0. The molecule has 176 valence electrons. The van der Waals surface area contributed by atoms with Crippen LogP contribution in [0.4, 0.5) is 10.5 Å². The van der Waals surface area contributed by atoms with Crippen molar-refractivity contribution in [2.45, 2.75) is 26.9 Å². The number of nitrogens with zero attached hydrogens (tertiary/aromatic N) is 1. The number of ether oxygens (including phenoxy) is 1. The molecule has 0 aromatic heterocycles. The third-order valence-corrected chi connectivity index (χ3v) is 5.56. The molecule has 1 heterocycles. The molecule has 6 nitrogen and oxygen atoms in total. The van der Waals surface area contributed by atoms with Crippen molar-refractivity contribution in [3.8, 4) is 5.75 Å². The van der Waals surface area contributed by atoms with Crippen LogP contribution in [-0.2, 0) is 22.6 Å². The molecule has 3 aromatic rings. The van der Waals surface area contributed by atoms with Gasteiger partial charge in [-0.1, -0.05) is 48.5 Å². The number of allylic oxidation sites excluding steroid dienone is 1. The molecular formula is C29H26N2O4. The van der Waals surface area contributed by atoms with E-state index >= 15 is 0 Å². The Kier molecular flexibility index (Phi) is 6.92. The largest absolute Gasteiger partial charge is 0.489 e. The summed E-state index contributed by atoms with van der Waals surface area (Å²) in [4.78, 5) is 39.3. The lowest BCUT2D eigenvalue weighted by Crippen LogP contribution is -2.54. The molecule has 0 bridgehead atoms. The summed E-state index contributed by atoms with van der Waals surface area (Å²) in [5.41, 5.74) is 4.67. The highest BCUT2D eigenvalue weighted by Gasteiger charge is 2.37. The molecule has 4 amide bonds. The number of nitrogens with one attached hydrogen (secondary N) is 1. The molecule has 0 unspecified atom stereocenters. The number of urea groups is 1. The Morgan fingerprint density at radius 2 is 1.66 bits per heavy atom. The van der Waals surface area contributed by atoms with Crippen LogP contribution in [0.5, 0.6) is 5.75 Å². The van der Waals surface area contributed by atoms with E-state index in [-0.39, 0.29) is 5.57 Å². The van der Waals surface area contributed by atoms with Gasteiger partial charge in [0.15, 0.2) is 0 Å². The normalized spacial score (nSPS) is 14.7. The van der Waals surface area contributed by atoms with Crippen molar-refractivity contribution in [1.29, 1.82) is 0 Å². The minimum Gasteiger partial charge on any atom is -0.489 e. The van der Waals surface area contributed by atoms with Crippen molar-refractivity contribution in [3.63, 3.8) is 0 Å². The number of amides is 4. The van der Waals surface area contributed by atoms with E-state index in [2.05, 4.69) is 11.9 Å². The highest BCUT2D eigenvalue weighted by Crippen LogP contribution is 2.27. The Hall–Kier alpha value is -4.45. The van der Waals surface area contributed by atoms with Crippen LogP contribution in [0, 0.1) is 13.8 Å². The van der Waals surface area contributed by atoms with Crippen LogP contribution < -0.4 is 15.0 Å². The van der Waals surface area contributed by atoms with Gasteiger partial charge in [-0.2, -0.15) is 0 Å². The van der Waals surface area contributed by atoms with E-state index in [0.29, 0.717) is 30.0 Å². The Labute approximate surface area is 204 Å². The van der Waals surface area contributed by atoms with Crippen molar-refractivity contribution in [3.05, 3.63) is 113 Å². The number of rotatable bonds is 7. The van der Waals surface area contributed by atoms with Crippen molar-refractivity contribution in [1.82, 2.24) is 5.32 Å². The van der Waals surface area contributed by atoms with Crippen LogP contribution in [-0.4, -0.2) is 17.8 Å². The van der Waals surface area contributed by atoms with E-state index in [1.165, 1.54) is 6.08 Å². The molecule has 1 aliphatic heterocycles. The molecule has 35 heavy (non-hydrogen) atoms. The highest BCUT2D eigenvalue weighted by atomic mass is 16.5. The van der Waals surface area contributed by atoms with E-state index in [9.17, 15) is 14.4 Å². The molecule has 0 aliphatic carbocycles.